The van der Waals surface area contributed by atoms with Crippen LogP contribution in [0.4, 0.5) is 0 Å². The van der Waals surface area contributed by atoms with Crippen molar-refractivity contribution in [3.8, 4) is 40.2 Å². The Labute approximate surface area is 200 Å². The topological polar surface area (TPSA) is 142 Å². The lowest BCUT2D eigenvalue weighted by molar-refractivity contribution is 0.402. The second-order valence-corrected chi connectivity index (χ2v) is 8.60. The molecule has 0 saturated heterocycles. The van der Waals surface area contributed by atoms with Crippen molar-refractivity contribution >= 4 is 11.6 Å². The first-order chi connectivity index (χ1) is 16.7. The standard InChI is InChI=1S/C28H22O7/c29-17-4-1-14(2-5-17)7-21-22-12-20(32)13-25(35)28(22)27(15-3-6-23(33)24(34)10-15)26(21)16-8-18(30)11-19(31)9-16/h1-13,26-27,29-35H/b21-7-/t26-,27?/m1/s1. The van der Waals surface area contributed by atoms with E-state index in [2.05, 4.69) is 0 Å². The minimum atomic E-state index is -0.610. The monoisotopic (exact) mass is 470 g/mol. The van der Waals surface area contributed by atoms with E-state index in [0.29, 0.717) is 27.8 Å². The average molecular weight is 470 g/mol. The van der Waals surface area contributed by atoms with Gasteiger partial charge >= 0.3 is 0 Å². The van der Waals surface area contributed by atoms with Crippen molar-refractivity contribution in [1.29, 1.82) is 0 Å². The van der Waals surface area contributed by atoms with Gasteiger partial charge in [-0.25, -0.2) is 0 Å². The molecule has 1 aliphatic rings. The molecule has 5 rings (SSSR count). The number of phenolic OH excluding ortho intramolecular Hbond substituents is 7. The minimum absolute atomic E-state index is 0.0983. The van der Waals surface area contributed by atoms with Crippen molar-refractivity contribution in [3.05, 3.63) is 101 Å². The summed E-state index contributed by atoms with van der Waals surface area (Å²) in [5.41, 5.74) is 3.51. The molecule has 0 heterocycles. The van der Waals surface area contributed by atoms with Crippen molar-refractivity contribution in [1.82, 2.24) is 0 Å². The van der Waals surface area contributed by atoms with Gasteiger partial charge < -0.3 is 35.7 Å². The summed E-state index contributed by atoms with van der Waals surface area (Å²) < 4.78 is 0. The van der Waals surface area contributed by atoms with Gasteiger partial charge in [-0.3, -0.25) is 0 Å². The predicted octanol–water partition coefficient (Wildman–Crippen LogP) is 5.10. The molecule has 1 aliphatic carbocycles. The van der Waals surface area contributed by atoms with Crippen LogP contribution in [0.1, 0.15) is 39.7 Å². The maximum absolute atomic E-state index is 10.9. The number of allylic oxidation sites excluding steroid dienone is 1. The van der Waals surface area contributed by atoms with Gasteiger partial charge in [0.1, 0.15) is 28.7 Å². The van der Waals surface area contributed by atoms with Crippen LogP contribution in [-0.2, 0) is 0 Å². The Hall–Kier alpha value is -4.78. The number of rotatable bonds is 3. The molecule has 0 aliphatic heterocycles. The highest BCUT2D eigenvalue weighted by Gasteiger charge is 2.41. The summed E-state index contributed by atoms with van der Waals surface area (Å²) in [6.45, 7) is 0. The number of fused-ring (bicyclic) bond motifs is 1. The van der Waals surface area contributed by atoms with Gasteiger partial charge in [-0.15, -0.1) is 0 Å². The molecule has 0 aromatic heterocycles. The zero-order valence-corrected chi connectivity index (χ0v) is 18.3. The van der Waals surface area contributed by atoms with E-state index in [1.165, 1.54) is 54.6 Å². The summed E-state index contributed by atoms with van der Waals surface area (Å²) in [5.74, 6) is -2.34. The molecule has 0 spiro atoms. The average Bonchev–Trinajstić information content (AvgIpc) is 3.11. The Morgan fingerprint density at radius 1 is 0.486 bits per heavy atom. The van der Waals surface area contributed by atoms with E-state index in [9.17, 15) is 35.7 Å². The van der Waals surface area contributed by atoms with Gasteiger partial charge in [0.05, 0.1) is 0 Å². The molecule has 176 valence electrons. The molecule has 0 radical (unpaired) electrons. The lowest BCUT2D eigenvalue weighted by atomic mass is 9.79. The Balaban J connectivity index is 1.84. The smallest absolute Gasteiger partial charge is 0.157 e. The third-order valence-electron chi connectivity index (χ3n) is 6.29. The number of aromatic hydroxyl groups is 7. The van der Waals surface area contributed by atoms with E-state index < -0.39 is 11.8 Å². The largest absolute Gasteiger partial charge is 0.508 e. The molecule has 7 N–H and O–H groups in total. The van der Waals surface area contributed by atoms with Gasteiger partial charge in [-0.05, 0) is 70.3 Å². The summed E-state index contributed by atoms with van der Waals surface area (Å²) in [4.78, 5) is 0. The number of phenols is 7. The predicted molar refractivity (Wildman–Crippen MR) is 130 cm³/mol. The van der Waals surface area contributed by atoms with Gasteiger partial charge in [0.15, 0.2) is 11.5 Å². The Kier molecular flexibility index (Phi) is 5.17. The third-order valence-corrected chi connectivity index (χ3v) is 6.29. The summed E-state index contributed by atoms with van der Waals surface area (Å²) in [7, 11) is 0. The molecule has 4 aromatic carbocycles. The second kappa shape index (κ2) is 8.22. The third kappa shape index (κ3) is 3.93. The van der Waals surface area contributed by atoms with Crippen LogP contribution in [0.3, 0.4) is 0 Å². The first-order valence-corrected chi connectivity index (χ1v) is 10.8. The van der Waals surface area contributed by atoms with Crippen LogP contribution in [-0.4, -0.2) is 35.7 Å². The highest BCUT2D eigenvalue weighted by molar-refractivity contribution is 5.93. The van der Waals surface area contributed by atoms with E-state index in [-0.39, 0.29) is 40.2 Å². The summed E-state index contributed by atoms with van der Waals surface area (Å²) in [6, 6.07) is 17.8. The number of benzene rings is 4. The van der Waals surface area contributed by atoms with Gasteiger partial charge in [-0.1, -0.05) is 24.3 Å². The maximum atomic E-state index is 10.9. The zero-order valence-electron chi connectivity index (χ0n) is 18.3. The lowest BCUT2D eigenvalue weighted by Gasteiger charge is -2.24. The highest BCUT2D eigenvalue weighted by atomic mass is 16.3. The molecular formula is C28H22O7. The van der Waals surface area contributed by atoms with Crippen LogP contribution in [0.5, 0.6) is 40.2 Å². The first kappa shape index (κ1) is 22.0. The fourth-order valence-electron chi connectivity index (χ4n) is 4.88. The van der Waals surface area contributed by atoms with Crippen molar-refractivity contribution in [2.24, 2.45) is 0 Å². The molecule has 4 aromatic rings. The lowest BCUT2D eigenvalue weighted by Crippen LogP contribution is -2.08. The zero-order chi connectivity index (χ0) is 24.9. The normalized spacial score (nSPS) is 18.0. The minimum Gasteiger partial charge on any atom is -0.508 e. The maximum Gasteiger partial charge on any atom is 0.157 e. The number of hydrogen-bond donors (Lipinski definition) is 7. The van der Waals surface area contributed by atoms with Crippen LogP contribution < -0.4 is 0 Å². The summed E-state index contributed by atoms with van der Waals surface area (Å²) in [6.07, 6.45) is 1.84. The molecule has 7 heteroatoms. The molecule has 1 unspecified atom stereocenters. The quantitative estimate of drug-likeness (QED) is 0.207. The fourth-order valence-corrected chi connectivity index (χ4v) is 4.88. The Morgan fingerprint density at radius 3 is 1.80 bits per heavy atom. The Bertz CT molecular complexity index is 1450. The molecule has 0 saturated carbocycles. The Morgan fingerprint density at radius 2 is 1.14 bits per heavy atom. The van der Waals surface area contributed by atoms with Crippen LogP contribution in [0.25, 0.3) is 11.6 Å². The van der Waals surface area contributed by atoms with E-state index in [4.69, 9.17) is 0 Å². The van der Waals surface area contributed by atoms with Gasteiger partial charge in [0.2, 0.25) is 0 Å². The molecule has 2 atom stereocenters. The summed E-state index contributed by atoms with van der Waals surface area (Å²) in [5, 5.41) is 71.5. The van der Waals surface area contributed by atoms with Gasteiger partial charge in [-0.2, -0.15) is 0 Å². The van der Waals surface area contributed by atoms with Crippen LogP contribution in [0, 0.1) is 0 Å². The molecule has 0 amide bonds. The van der Waals surface area contributed by atoms with Crippen molar-refractivity contribution in [3.63, 3.8) is 0 Å². The van der Waals surface area contributed by atoms with E-state index >= 15 is 0 Å². The molecule has 7 nitrogen and oxygen atoms in total. The van der Waals surface area contributed by atoms with Gasteiger partial charge in [0.25, 0.3) is 0 Å². The van der Waals surface area contributed by atoms with Crippen molar-refractivity contribution in [2.45, 2.75) is 11.8 Å². The fraction of sp³-hybridized carbons (Fsp3) is 0.0714. The first-order valence-electron chi connectivity index (χ1n) is 10.8. The molecule has 0 fully saturated rings. The van der Waals surface area contributed by atoms with E-state index in [1.54, 1.807) is 18.2 Å². The molecule has 0 bridgehead atoms. The highest BCUT2D eigenvalue weighted by Crippen LogP contribution is 2.59. The second-order valence-electron chi connectivity index (χ2n) is 8.60. The van der Waals surface area contributed by atoms with Crippen LogP contribution in [0.2, 0.25) is 0 Å². The SMILES string of the molecule is Oc1ccc(/C=C2/c3cc(O)cc(O)c3C(c3ccc(O)c(O)c3)[C@@H]2c2cc(O)cc(O)c2)cc1. The molecular weight excluding hydrogens is 448 g/mol. The van der Waals surface area contributed by atoms with Crippen molar-refractivity contribution < 1.29 is 35.7 Å². The van der Waals surface area contributed by atoms with E-state index in [1.807, 2.05) is 6.08 Å². The van der Waals surface area contributed by atoms with Crippen LogP contribution >= 0.6 is 0 Å². The molecule has 35 heavy (non-hydrogen) atoms. The van der Waals surface area contributed by atoms with E-state index in [0.717, 1.165) is 5.56 Å². The summed E-state index contributed by atoms with van der Waals surface area (Å²) >= 11 is 0. The van der Waals surface area contributed by atoms with Gasteiger partial charge in [0, 0.05) is 29.5 Å². The van der Waals surface area contributed by atoms with Crippen LogP contribution in [0.15, 0.2) is 72.8 Å². The van der Waals surface area contributed by atoms with Crippen molar-refractivity contribution in [2.75, 3.05) is 0 Å². The number of hydrogen-bond acceptors (Lipinski definition) is 7.